The molecule has 3 N–H and O–H groups in total. The lowest BCUT2D eigenvalue weighted by Crippen LogP contribution is -2.36. The molecule has 1 saturated carbocycles. The molecule has 0 aliphatic heterocycles. The van der Waals surface area contributed by atoms with Crippen LogP contribution in [0.5, 0.6) is 0 Å². The molecule has 2 aromatic rings. The van der Waals surface area contributed by atoms with E-state index in [9.17, 15) is 44.3 Å². The molecule has 226 valence electrons. The van der Waals surface area contributed by atoms with Gasteiger partial charge < -0.3 is 15.6 Å². The number of Topliss-reactive ketones (excluding diaryl/α,β-unsaturated/α-hetero) is 1. The molecular formula is C23H29F9N6O2. The minimum absolute atomic E-state index is 0.193. The number of hydrogen-bond acceptors (Lipinski definition) is 7. The molecule has 8 nitrogen and oxygen atoms in total. The quantitative estimate of drug-likeness (QED) is 0.244. The summed E-state index contributed by atoms with van der Waals surface area (Å²) in [4.78, 5) is 37.0. The molecule has 0 unspecified atom stereocenters. The molecular weight excluding hydrogens is 563 g/mol. The average molecular weight is 593 g/mol. The topological polar surface area (TPSA) is 117 Å². The predicted octanol–water partition coefficient (Wildman–Crippen LogP) is 5.65. The number of aliphatic imine (C=N–C) groups is 1. The molecule has 0 radical (unpaired) electrons. The van der Waals surface area contributed by atoms with Gasteiger partial charge in [0, 0.05) is 32.1 Å². The zero-order valence-corrected chi connectivity index (χ0v) is 21.3. The largest absolute Gasteiger partial charge is 0.408 e. The lowest BCUT2D eigenvalue weighted by atomic mass is 9.82. The van der Waals surface area contributed by atoms with Gasteiger partial charge in [-0.3, -0.25) is 4.79 Å². The molecule has 17 heteroatoms. The number of rotatable bonds is 7. The van der Waals surface area contributed by atoms with Crippen molar-refractivity contribution in [3.05, 3.63) is 18.6 Å². The highest BCUT2D eigenvalue weighted by atomic mass is 19.4. The van der Waals surface area contributed by atoms with Gasteiger partial charge in [0.1, 0.15) is 30.1 Å². The fraction of sp³-hybridized carbons (Fsp3) is 0.652. The number of nitrogens with one attached hydrogen (secondary N) is 1. The monoisotopic (exact) mass is 592 g/mol. The van der Waals surface area contributed by atoms with Gasteiger partial charge in [0.2, 0.25) is 6.08 Å². The number of alkyl halides is 9. The van der Waals surface area contributed by atoms with Crippen molar-refractivity contribution < 1.29 is 49.1 Å². The van der Waals surface area contributed by atoms with Crippen LogP contribution in [0.25, 0.3) is 11.0 Å². The molecule has 0 spiro atoms. The number of ketones is 1. The Morgan fingerprint density at radius 2 is 1.65 bits per heavy atom. The number of anilines is 1. The number of nitrogens with zero attached hydrogens (tertiary/aromatic N) is 4. The number of aromatic nitrogens is 3. The second-order valence-electron chi connectivity index (χ2n) is 8.92. The Labute approximate surface area is 223 Å². The van der Waals surface area contributed by atoms with Crippen molar-refractivity contribution in [3.63, 3.8) is 0 Å². The molecule has 0 aromatic carbocycles. The van der Waals surface area contributed by atoms with E-state index in [-0.39, 0.29) is 18.1 Å². The first-order valence-electron chi connectivity index (χ1n) is 11.9. The molecule has 0 amide bonds. The second kappa shape index (κ2) is 15.6. The summed E-state index contributed by atoms with van der Waals surface area (Å²) in [7, 11) is 2.01. The van der Waals surface area contributed by atoms with Crippen LogP contribution in [-0.2, 0) is 9.59 Å². The van der Waals surface area contributed by atoms with Crippen molar-refractivity contribution in [2.45, 2.75) is 69.5 Å². The maximum atomic E-state index is 12.2. The van der Waals surface area contributed by atoms with Gasteiger partial charge in [-0.25, -0.2) is 14.8 Å². The summed E-state index contributed by atoms with van der Waals surface area (Å²) < 4.78 is 102. The number of halogens is 9. The summed E-state index contributed by atoms with van der Waals surface area (Å²) in [6.07, 6.45) is -6.27. The van der Waals surface area contributed by atoms with Crippen LogP contribution in [0.15, 0.2) is 23.6 Å². The van der Waals surface area contributed by atoms with Crippen LogP contribution in [0, 0.1) is 5.92 Å². The predicted molar refractivity (Wildman–Crippen MR) is 127 cm³/mol. The Kier molecular flexibility index (Phi) is 13.5. The Balaban J connectivity index is 0.000000473. The van der Waals surface area contributed by atoms with Crippen LogP contribution in [0.3, 0.4) is 0 Å². The van der Waals surface area contributed by atoms with E-state index in [0.717, 1.165) is 48.6 Å². The van der Waals surface area contributed by atoms with Crippen LogP contribution in [0.2, 0.25) is 0 Å². The summed E-state index contributed by atoms with van der Waals surface area (Å²) in [5, 5.41) is 0.972. The third-order valence-corrected chi connectivity index (χ3v) is 5.79. The number of nitrogens with two attached hydrogens (primary N) is 1. The summed E-state index contributed by atoms with van der Waals surface area (Å²) in [6.45, 7) is -2.66. The summed E-state index contributed by atoms with van der Waals surface area (Å²) in [5.41, 5.74) is 4.98. The minimum Gasteiger partial charge on any atom is -0.356 e. The standard InChI is InChI=1S/C18H23F3N4O.C3H2F3NO.C2H4F3N/c1-25(17-15-7-9-22-16(15)23-11-24-17)13-4-2-12(3-5-13)10-14(26)6-8-18(19,20)21;4-3(5,6)1-7-2-8;3-2(4,5)1-6/h7,9,11-13H,2-6,8,10H2,1H3,(H,22,23,24);1H2;1,6H2. The molecule has 3 rings (SSSR count). The van der Waals surface area contributed by atoms with Gasteiger partial charge in [0.25, 0.3) is 0 Å². The van der Waals surface area contributed by atoms with E-state index in [2.05, 4.69) is 30.6 Å². The third-order valence-electron chi connectivity index (χ3n) is 5.79. The molecule has 2 aromatic heterocycles. The fourth-order valence-electron chi connectivity index (χ4n) is 3.88. The highest BCUT2D eigenvalue weighted by molar-refractivity contribution is 5.87. The lowest BCUT2D eigenvalue weighted by molar-refractivity contribution is -0.143. The van der Waals surface area contributed by atoms with Crippen molar-refractivity contribution in [1.29, 1.82) is 0 Å². The molecule has 1 aliphatic carbocycles. The van der Waals surface area contributed by atoms with E-state index in [4.69, 9.17) is 4.79 Å². The van der Waals surface area contributed by atoms with Gasteiger partial charge in [0.15, 0.2) is 0 Å². The Morgan fingerprint density at radius 1 is 1.05 bits per heavy atom. The smallest absolute Gasteiger partial charge is 0.356 e. The zero-order valence-electron chi connectivity index (χ0n) is 21.3. The Morgan fingerprint density at radius 3 is 2.12 bits per heavy atom. The molecule has 1 aliphatic rings. The highest BCUT2D eigenvalue weighted by Crippen LogP contribution is 2.33. The number of H-pyrrole nitrogens is 1. The summed E-state index contributed by atoms with van der Waals surface area (Å²) in [5.74, 6) is 0.794. The van der Waals surface area contributed by atoms with E-state index in [0.29, 0.717) is 6.04 Å². The van der Waals surface area contributed by atoms with Crippen molar-refractivity contribution in [3.8, 4) is 0 Å². The maximum absolute atomic E-state index is 12.2. The molecule has 2 heterocycles. The zero-order chi connectivity index (χ0) is 30.6. The molecule has 0 saturated heterocycles. The van der Waals surface area contributed by atoms with Crippen LogP contribution in [0.4, 0.5) is 45.3 Å². The van der Waals surface area contributed by atoms with Crippen LogP contribution < -0.4 is 10.6 Å². The van der Waals surface area contributed by atoms with E-state index in [1.165, 1.54) is 6.33 Å². The minimum atomic E-state index is -4.38. The number of carbonyl (C=O) groups is 1. The molecule has 40 heavy (non-hydrogen) atoms. The van der Waals surface area contributed by atoms with Gasteiger partial charge in [-0.1, -0.05) is 0 Å². The van der Waals surface area contributed by atoms with Gasteiger partial charge in [-0.15, -0.1) is 0 Å². The number of hydrogen-bond donors (Lipinski definition) is 2. The van der Waals surface area contributed by atoms with Crippen molar-refractivity contribution in [1.82, 2.24) is 15.0 Å². The Bertz CT molecular complexity index is 1090. The van der Waals surface area contributed by atoms with Gasteiger partial charge in [-0.2, -0.15) is 44.5 Å². The fourth-order valence-corrected chi connectivity index (χ4v) is 3.88. The Hall–Kier alpha value is -3.20. The first kappa shape index (κ1) is 34.8. The number of aromatic amines is 1. The van der Waals surface area contributed by atoms with Crippen LogP contribution >= 0.6 is 0 Å². The molecule has 1 fully saturated rings. The van der Waals surface area contributed by atoms with Crippen molar-refractivity contribution in [2.24, 2.45) is 16.6 Å². The SMILES string of the molecule is CN(c1ncnc2[nH]ccc12)C1CCC(CC(=O)CCC(F)(F)F)CC1.NCC(F)(F)F.O=C=NCC(F)(F)F. The number of carbonyl (C=O) groups excluding carboxylic acids is 2. The van der Waals surface area contributed by atoms with Gasteiger partial charge in [-0.05, 0) is 37.7 Å². The lowest BCUT2D eigenvalue weighted by Gasteiger charge is -2.35. The first-order valence-corrected chi connectivity index (χ1v) is 11.9. The summed E-state index contributed by atoms with van der Waals surface area (Å²) in [6, 6.07) is 2.26. The summed E-state index contributed by atoms with van der Waals surface area (Å²) >= 11 is 0. The van der Waals surface area contributed by atoms with Crippen molar-refractivity contribution >= 4 is 28.7 Å². The second-order valence-corrected chi connectivity index (χ2v) is 8.92. The van der Waals surface area contributed by atoms with Crippen LogP contribution in [-0.4, -0.2) is 71.5 Å². The van der Waals surface area contributed by atoms with E-state index in [1.807, 2.05) is 19.3 Å². The molecule has 0 atom stereocenters. The first-order chi connectivity index (χ1) is 18.5. The van der Waals surface area contributed by atoms with Crippen LogP contribution in [0.1, 0.15) is 44.9 Å². The molecule has 0 bridgehead atoms. The maximum Gasteiger partial charge on any atom is 0.408 e. The van der Waals surface area contributed by atoms with Gasteiger partial charge >= 0.3 is 18.5 Å². The number of isocyanates is 1. The van der Waals surface area contributed by atoms with Gasteiger partial charge in [0.05, 0.1) is 18.4 Å². The van der Waals surface area contributed by atoms with E-state index in [1.54, 1.807) is 0 Å². The highest BCUT2D eigenvalue weighted by Gasteiger charge is 2.30. The van der Waals surface area contributed by atoms with E-state index < -0.39 is 44.5 Å². The van der Waals surface area contributed by atoms with E-state index >= 15 is 0 Å². The number of fused-ring (bicyclic) bond motifs is 1. The average Bonchev–Trinajstić information content (AvgIpc) is 3.35. The third kappa shape index (κ3) is 14.3. The normalized spacial score (nSPS) is 17.6. The van der Waals surface area contributed by atoms with Crippen molar-refractivity contribution in [2.75, 3.05) is 25.0 Å².